The van der Waals surface area contributed by atoms with E-state index in [1.165, 1.54) is 43.3 Å². The second-order valence-electron chi connectivity index (χ2n) is 14.3. The highest BCUT2D eigenvalue weighted by atomic mass is 28.4. The number of carboxylic acids is 1. The van der Waals surface area contributed by atoms with E-state index in [1.54, 1.807) is 11.1 Å². The Morgan fingerprint density at radius 2 is 1.95 bits per heavy atom. The third-order valence-corrected chi connectivity index (χ3v) is 15.3. The molecule has 3 saturated carbocycles. The highest BCUT2D eigenvalue weighted by molar-refractivity contribution is 6.74. The van der Waals surface area contributed by atoms with Crippen LogP contribution in [0.25, 0.3) is 0 Å². The van der Waals surface area contributed by atoms with E-state index in [9.17, 15) is 4.79 Å². The van der Waals surface area contributed by atoms with Crippen LogP contribution in [-0.4, -0.2) is 25.5 Å². The molecule has 3 aliphatic carbocycles. The van der Waals surface area contributed by atoms with E-state index in [-0.39, 0.29) is 5.04 Å². The van der Waals surface area contributed by atoms with Gasteiger partial charge in [0.2, 0.25) is 0 Å². The van der Waals surface area contributed by atoms with Gasteiger partial charge in [-0.3, -0.25) is 4.79 Å². The Labute approximate surface area is 229 Å². The fourth-order valence-electron chi connectivity index (χ4n) is 7.60. The number of allylic oxidation sites excluding steroid dienone is 4. The lowest BCUT2D eigenvalue weighted by Gasteiger charge is -2.45. The van der Waals surface area contributed by atoms with Gasteiger partial charge in [0.1, 0.15) is 0 Å². The van der Waals surface area contributed by atoms with E-state index in [0.717, 1.165) is 38.5 Å². The second-order valence-corrected chi connectivity index (χ2v) is 19.0. The quantitative estimate of drug-likeness (QED) is 0.303. The molecule has 210 valence electrons. The number of hydrogen-bond acceptors (Lipinski definition) is 2. The van der Waals surface area contributed by atoms with E-state index >= 15 is 0 Å². The number of aliphatic carboxylic acids is 1. The molecule has 4 heteroatoms. The van der Waals surface area contributed by atoms with E-state index in [0.29, 0.717) is 35.7 Å². The molecule has 0 aromatic rings. The first-order chi connectivity index (χ1) is 17.2. The van der Waals surface area contributed by atoms with Crippen molar-refractivity contribution in [2.24, 2.45) is 23.2 Å². The summed E-state index contributed by atoms with van der Waals surface area (Å²) in [6.45, 7) is 23.5. The lowest BCUT2D eigenvalue weighted by Crippen LogP contribution is -2.44. The first-order valence-corrected chi connectivity index (χ1v) is 18.1. The topological polar surface area (TPSA) is 46.5 Å². The minimum atomic E-state index is -1.79. The highest BCUT2D eigenvalue weighted by Gasteiger charge is 2.51. The molecule has 3 fully saturated rings. The first-order valence-electron chi connectivity index (χ1n) is 15.2. The summed E-state index contributed by atoms with van der Waals surface area (Å²) in [4.78, 5) is 11.0. The van der Waals surface area contributed by atoms with Crippen molar-refractivity contribution < 1.29 is 14.3 Å². The monoisotopic (exact) mass is 528 g/mol. The summed E-state index contributed by atoms with van der Waals surface area (Å²) in [5, 5.41) is 9.32. The molecule has 3 rings (SSSR count). The van der Waals surface area contributed by atoms with Crippen LogP contribution < -0.4 is 0 Å². The Morgan fingerprint density at radius 3 is 2.57 bits per heavy atom. The largest absolute Gasteiger partial charge is 0.481 e. The molecule has 0 heterocycles. The molecule has 0 unspecified atom stereocenters. The summed E-state index contributed by atoms with van der Waals surface area (Å²) in [6, 6.07) is 0. The standard InChI is InChI=1S/C33H56O3Si/c1-10-25(21-26-22-27(17-16-23(26)2)36-37(8,9)32(4,5)6)28-14-12-20-33(7)29(18-19-30(28)33)24(3)13-11-15-31(34)35/h21,24,27,29-30H,2,10-20,22H2,1,3-9H3,(H,34,35)/b26-21+,28-25+/t24-,27-,29-,30+,33-/m1/s1. The molecule has 0 radical (unpaired) electrons. The van der Waals surface area contributed by atoms with Crippen molar-refractivity contribution in [3.8, 4) is 0 Å². The maximum atomic E-state index is 11.0. The third kappa shape index (κ3) is 6.90. The molecule has 0 aromatic heterocycles. The molecule has 3 nitrogen and oxygen atoms in total. The first kappa shape index (κ1) is 30.4. The summed E-state index contributed by atoms with van der Waals surface area (Å²) in [5.74, 6) is 1.33. The molecular formula is C33H56O3Si. The van der Waals surface area contributed by atoms with Crippen LogP contribution in [0.4, 0.5) is 0 Å². The van der Waals surface area contributed by atoms with Gasteiger partial charge < -0.3 is 9.53 Å². The van der Waals surface area contributed by atoms with Crippen molar-refractivity contribution in [1.82, 2.24) is 0 Å². The molecule has 0 amide bonds. The number of carboxylic acid groups (broad SMARTS) is 1. The Kier molecular flexibility index (Phi) is 9.82. The van der Waals surface area contributed by atoms with Gasteiger partial charge in [-0.25, -0.2) is 0 Å². The number of fused-ring (bicyclic) bond motifs is 1. The van der Waals surface area contributed by atoms with Crippen molar-refractivity contribution >= 4 is 14.3 Å². The lowest BCUT2D eigenvalue weighted by atomic mass is 9.60. The molecule has 0 aromatic carbocycles. The molecule has 37 heavy (non-hydrogen) atoms. The molecule has 0 aliphatic heterocycles. The zero-order chi connectivity index (χ0) is 27.6. The Balaban J connectivity index is 1.81. The van der Waals surface area contributed by atoms with Crippen LogP contribution in [-0.2, 0) is 9.22 Å². The predicted octanol–water partition coefficient (Wildman–Crippen LogP) is 9.86. The van der Waals surface area contributed by atoms with Crippen molar-refractivity contribution in [2.45, 2.75) is 143 Å². The minimum absolute atomic E-state index is 0.234. The summed E-state index contributed by atoms with van der Waals surface area (Å²) >= 11 is 0. The smallest absolute Gasteiger partial charge is 0.303 e. The maximum absolute atomic E-state index is 11.0. The van der Waals surface area contributed by atoms with Gasteiger partial charge in [-0.2, -0.15) is 0 Å². The number of rotatable bonds is 9. The molecule has 3 aliphatic rings. The Bertz CT molecular complexity index is 905. The van der Waals surface area contributed by atoms with Gasteiger partial charge in [-0.1, -0.05) is 65.3 Å². The van der Waals surface area contributed by atoms with Gasteiger partial charge in [0.15, 0.2) is 8.32 Å². The van der Waals surface area contributed by atoms with Gasteiger partial charge in [0, 0.05) is 12.5 Å². The number of carbonyl (C=O) groups is 1. The molecular weight excluding hydrogens is 472 g/mol. The Hall–Kier alpha value is -1.13. The van der Waals surface area contributed by atoms with Crippen LogP contribution in [0.3, 0.4) is 0 Å². The molecule has 0 spiro atoms. The normalized spacial score (nSPS) is 32.4. The summed E-state index contributed by atoms with van der Waals surface area (Å²) in [5.41, 5.74) is 6.40. The average molecular weight is 529 g/mol. The van der Waals surface area contributed by atoms with Crippen LogP contribution >= 0.6 is 0 Å². The third-order valence-electron chi connectivity index (χ3n) is 10.8. The van der Waals surface area contributed by atoms with Crippen molar-refractivity contribution in [3.63, 3.8) is 0 Å². The zero-order valence-electron chi connectivity index (χ0n) is 25.3. The zero-order valence-corrected chi connectivity index (χ0v) is 26.3. The summed E-state index contributed by atoms with van der Waals surface area (Å²) < 4.78 is 6.86. The fourth-order valence-corrected chi connectivity index (χ4v) is 8.99. The SMILES string of the molecule is C=C1CC[C@@H](O[Si](C)(C)C(C)(C)C)C/C1=C\C(CC)=C1/CCC[C@]2(C)[C@@H]([C@H](C)CCCC(=O)O)CC[C@@H]12. The number of hydrogen-bond donors (Lipinski definition) is 1. The van der Waals surface area contributed by atoms with Gasteiger partial charge in [0.25, 0.3) is 0 Å². The maximum Gasteiger partial charge on any atom is 0.303 e. The van der Waals surface area contributed by atoms with Gasteiger partial charge in [-0.05, 0) is 123 Å². The van der Waals surface area contributed by atoms with Gasteiger partial charge >= 0.3 is 5.97 Å². The van der Waals surface area contributed by atoms with Crippen molar-refractivity contribution in [1.29, 1.82) is 0 Å². The fraction of sp³-hybridized carbons (Fsp3) is 0.788. The van der Waals surface area contributed by atoms with Crippen LogP contribution in [0.5, 0.6) is 0 Å². The summed E-state index contributed by atoms with van der Waals surface area (Å²) in [7, 11) is -1.79. The van der Waals surface area contributed by atoms with E-state index in [2.05, 4.69) is 67.3 Å². The average Bonchev–Trinajstić information content (AvgIpc) is 3.15. The van der Waals surface area contributed by atoms with Crippen LogP contribution in [0, 0.1) is 23.2 Å². The van der Waals surface area contributed by atoms with E-state index in [4.69, 9.17) is 9.53 Å². The van der Waals surface area contributed by atoms with Gasteiger partial charge in [0.05, 0.1) is 0 Å². The Morgan fingerprint density at radius 1 is 1.24 bits per heavy atom. The van der Waals surface area contributed by atoms with Crippen LogP contribution in [0.15, 0.2) is 34.9 Å². The molecule has 0 bridgehead atoms. The molecule has 0 saturated heterocycles. The minimum Gasteiger partial charge on any atom is -0.481 e. The van der Waals surface area contributed by atoms with Crippen molar-refractivity contribution in [2.75, 3.05) is 0 Å². The van der Waals surface area contributed by atoms with Crippen LogP contribution in [0.1, 0.15) is 119 Å². The summed E-state index contributed by atoms with van der Waals surface area (Å²) in [6.07, 6.45) is 15.7. The molecule has 1 N–H and O–H groups in total. The van der Waals surface area contributed by atoms with Gasteiger partial charge in [-0.15, -0.1) is 0 Å². The van der Waals surface area contributed by atoms with Crippen LogP contribution in [0.2, 0.25) is 18.1 Å². The predicted molar refractivity (Wildman–Crippen MR) is 159 cm³/mol. The lowest BCUT2D eigenvalue weighted by molar-refractivity contribution is -0.137. The van der Waals surface area contributed by atoms with E-state index < -0.39 is 14.3 Å². The molecule has 5 atom stereocenters. The van der Waals surface area contributed by atoms with E-state index in [1.807, 2.05) is 0 Å². The highest BCUT2D eigenvalue weighted by Crippen LogP contribution is 2.60. The van der Waals surface area contributed by atoms with Crippen molar-refractivity contribution in [3.05, 3.63) is 34.9 Å². The second kappa shape index (κ2) is 11.9.